The Kier molecular flexibility index (Phi) is 4.55. The Hall–Kier alpha value is -1.29. The van der Waals surface area contributed by atoms with E-state index in [-0.39, 0.29) is 5.82 Å². The van der Waals surface area contributed by atoms with Crippen LogP contribution in [-0.2, 0) is 0 Å². The van der Waals surface area contributed by atoms with Crippen molar-refractivity contribution in [3.05, 3.63) is 35.1 Å². The van der Waals surface area contributed by atoms with Crippen molar-refractivity contribution in [1.82, 2.24) is 0 Å². The second-order valence-corrected chi connectivity index (χ2v) is 4.26. The standard InChI is InChI=1S/C15H19F/c1-5-6-7-11(2)13(4)14-8-9-15(16)12(3)10-14/h8-11,13H,5H2,1-4H3. The molecule has 0 fully saturated rings. The lowest BCUT2D eigenvalue weighted by molar-refractivity contribution is 0.596. The molecule has 0 radical (unpaired) electrons. The molecule has 0 nitrogen and oxygen atoms in total. The zero-order valence-corrected chi connectivity index (χ0v) is 10.5. The lowest BCUT2D eigenvalue weighted by atomic mass is 9.88. The summed E-state index contributed by atoms with van der Waals surface area (Å²) in [6.07, 6.45) is 0.888. The number of rotatable bonds is 2. The van der Waals surface area contributed by atoms with E-state index < -0.39 is 0 Å². The van der Waals surface area contributed by atoms with E-state index in [4.69, 9.17) is 0 Å². The first-order valence-corrected chi connectivity index (χ1v) is 5.80. The van der Waals surface area contributed by atoms with E-state index in [0.29, 0.717) is 17.4 Å². The highest BCUT2D eigenvalue weighted by Gasteiger charge is 2.12. The summed E-state index contributed by atoms with van der Waals surface area (Å²) in [5.74, 6) is 6.84. The predicted octanol–water partition coefficient (Wildman–Crippen LogP) is 4.29. The molecule has 1 aromatic rings. The SMILES string of the molecule is CCC#CC(C)C(C)c1ccc(F)c(C)c1. The second-order valence-electron chi connectivity index (χ2n) is 4.26. The average molecular weight is 218 g/mol. The van der Waals surface area contributed by atoms with E-state index in [1.165, 1.54) is 0 Å². The van der Waals surface area contributed by atoms with Gasteiger partial charge in [0, 0.05) is 12.3 Å². The van der Waals surface area contributed by atoms with Gasteiger partial charge in [-0.05, 0) is 30.0 Å². The van der Waals surface area contributed by atoms with E-state index >= 15 is 0 Å². The average Bonchev–Trinajstić information content (AvgIpc) is 2.28. The molecule has 1 aromatic carbocycles. The van der Waals surface area contributed by atoms with Crippen molar-refractivity contribution in [1.29, 1.82) is 0 Å². The first-order valence-electron chi connectivity index (χ1n) is 5.80. The Morgan fingerprint density at radius 1 is 1.31 bits per heavy atom. The number of benzene rings is 1. The smallest absolute Gasteiger partial charge is 0.126 e. The zero-order valence-electron chi connectivity index (χ0n) is 10.5. The molecule has 0 aliphatic rings. The van der Waals surface area contributed by atoms with Gasteiger partial charge in [-0.2, -0.15) is 0 Å². The maximum atomic E-state index is 13.1. The van der Waals surface area contributed by atoms with Crippen LogP contribution in [0.3, 0.4) is 0 Å². The Morgan fingerprint density at radius 3 is 2.56 bits per heavy atom. The molecule has 0 amide bonds. The predicted molar refractivity (Wildman–Crippen MR) is 66.8 cm³/mol. The van der Waals surface area contributed by atoms with Crippen LogP contribution in [0.15, 0.2) is 18.2 Å². The van der Waals surface area contributed by atoms with Crippen molar-refractivity contribution in [3.8, 4) is 11.8 Å². The quantitative estimate of drug-likeness (QED) is 0.650. The molecule has 0 spiro atoms. The number of hydrogen-bond acceptors (Lipinski definition) is 0. The molecule has 16 heavy (non-hydrogen) atoms. The monoisotopic (exact) mass is 218 g/mol. The zero-order chi connectivity index (χ0) is 12.1. The summed E-state index contributed by atoms with van der Waals surface area (Å²) in [6.45, 7) is 8.11. The Balaban J connectivity index is 2.87. The van der Waals surface area contributed by atoms with Crippen LogP contribution in [0.2, 0.25) is 0 Å². The summed E-state index contributed by atoms with van der Waals surface area (Å²) in [5, 5.41) is 0. The Bertz CT molecular complexity index is 409. The van der Waals surface area contributed by atoms with Gasteiger partial charge in [0.15, 0.2) is 0 Å². The van der Waals surface area contributed by atoms with Crippen molar-refractivity contribution in [2.45, 2.75) is 40.0 Å². The van der Waals surface area contributed by atoms with Crippen LogP contribution in [0.4, 0.5) is 4.39 Å². The molecule has 0 heterocycles. The molecule has 1 heteroatoms. The summed E-state index contributed by atoms with van der Waals surface area (Å²) < 4.78 is 13.1. The van der Waals surface area contributed by atoms with Crippen LogP contribution < -0.4 is 0 Å². The van der Waals surface area contributed by atoms with Crippen LogP contribution in [0.25, 0.3) is 0 Å². The molecule has 0 aliphatic carbocycles. The molecule has 1 rings (SSSR count). The van der Waals surface area contributed by atoms with E-state index in [1.54, 1.807) is 13.0 Å². The van der Waals surface area contributed by atoms with Crippen LogP contribution in [0, 0.1) is 30.5 Å². The summed E-state index contributed by atoms with van der Waals surface area (Å²) in [5.41, 5.74) is 1.87. The number of hydrogen-bond donors (Lipinski definition) is 0. The third-order valence-corrected chi connectivity index (χ3v) is 2.96. The highest BCUT2D eigenvalue weighted by Crippen LogP contribution is 2.25. The largest absolute Gasteiger partial charge is 0.207 e. The normalized spacial score (nSPS) is 13.8. The fourth-order valence-corrected chi connectivity index (χ4v) is 1.63. The van der Waals surface area contributed by atoms with Gasteiger partial charge >= 0.3 is 0 Å². The van der Waals surface area contributed by atoms with Crippen LogP contribution in [-0.4, -0.2) is 0 Å². The summed E-state index contributed by atoms with van der Waals surface area (Å²) in [7, 11) is 0. The van der Waals surface area contributed by atoms with E-state index in [9.17, 15) is 4.39 Å². The molecule has 2 unspecified atom stereocenters. The van der Waals surface area contributed by atoms with Gasteiger partial charge in [0.1, 0.15) is 5.82 Å². The first-order chi connectivity index (χ1) is 7.56. The van der Waals surface area contributed by atoms with Crippen LogP contribution in [0.5, 0.6) is 0 Å². The highest BCUT2D eigenvalue weighted by atomic mass is 19.1. The Morgan fingerprint density at radius 2 is 2.00 bits per heavy atom. The molecule has 2 atom stereocenters. The van der Waals surface area contributed by atoms with Gasteiger partial charge in [-0.25, -0.2) is 4.39 Å². The minimum Gasteiger partial charge on any atom is -0.207 e. The molecule has 86 valence electrons. The third-order valence-electron chi connectivity index (χ3n) is 2.96. The van der Waals surface area contributed by atoms with Gasteiger partial charge in [-0.1, -0.05) is 38.8 Å². The maximum absolute atomic E-state index is 13.1. The maximum Gasteiger partial charge on any atom is 0.126 e. The highest BCUT2D eigenvalue weighted by molar-refractivity contribution is 5.28. The van der Waals surface area contributed by atoms with Gasteiger partial charge in [-0.15, -0.1) is 5.92 Å². The molecular weight excluding hydrogens is 199 g/mol. The molecule has 0 aliphatic heterocycles. The van der Waals surface area contributed by atoms with Crippen molar-refractivity contribution in [2.24, 2.45) is 5.92 Å². The lowest BCUT2D eigenvalue weighted by Crippen LogP contribution is -2.04. The summed E-state index contributed by atoms with van der Waals surface area (Å²) >= 11 is 0. The minimum absolute atomic E-state index is 0.136. The minimum atomic E-state index is -0.136. The topological polar surface area (TPSA) is 0 Å². The van der Waals surface area contributed by atoms with Crippen molar-refractivity contribution < 1.29 is 4.39 Å². The molecule has 0 aromatic heterocycles. The lowest BCUT2D eigenvalue weighted by Gasteiger charge is -2.16. The summed E-state index contributed by atoms with van der Waals surface area (Å²) in [6, 6.07) is 5.32. The van der Waals surface area contributed by atoms with Gasteiger partial charge < -0.3 is 0 Å². The van der Waals surface area contributed by atoms with Gasteiger partial charge in [-0.3, -0.25) is 0 Å². The molecule has 0 N–H and O–H groups in total. The fraction of sp³-hybridized carbons (Fsp3) is 0.467. The van der Waals surface area contributed by atoms with E-state index in [2.05, 4.69) is 25.7 Å². The van der Waals surface area contributed by atoms with Crippen LogP contribution >= 0.6 is 0 Å². The molecule has 0 bridgehead atoms. The van der Waals surface area contributed by atoms with Crippen molar-refractivity contribution in [2.75, 3.05) is 0 Å². The van der Waals surface area contributed by atoms with E-state index in [1.807, 2.05) is 19.1 Å². The first kappa shape index (κ1) is 12.8. The van der Waals surface area contributed by atoms with E-state index in [0.717, 1.165) is 12.0 Å². The van der Waals surface area contributed by atoms with Crippen molar-refractivity contribution in [3.63, 3.8) is 0 Å². The second kappa shape index (κ2) is 5.70. The molecule has 0 saturated heterocycles. The van der Waals surface area contributed by atoms with Crippen molar-refractivity contribution >= 4 is 0 Å². The number of aryl methyl sites for hydroxylation is 1. The van der Waals surface area contributed by atoms with Gasteiger partial charge in [0.25, 0.3) is 0 Å². The Labute approximate surface area is 97.9 Å². The van der Waals surface area contributed by atoms with Gasteiger partial charge in [0.05, 0.1) is 0 Å². The third kappa shape index (κ3) is 3.10. The number of halogens is 1. The molecule has 0 saturated carbocycles. The summed E-state index contributed by atoms with van der Waals surface area (Å²) in [4.78, 5) is 0. The fourth-order valence-electron chi connectivity index (χ4n) is 1.63. The molecular formula is C15H19F. The van der Waals surface area contributed by atoms with Crippen LogP contribution in [0.1, 0.15) is 44.2 Å². The van der Waals surface area contributed by atoms with Gasteiger partial charge in [0.2, 0.25) is 0 Å².